The van der Waals surface area contributed by atoms with Crippen LogP contribution in [0.15, 0.2) is 164 Å². The molecule has 7 aromatic carbocycles. The highest BCUT2D eigenvalue weighted by Crippen LogP contribution is 2.57. The number of nitriles is 1. The maximum absolute atomic E-state index is 15.0. The van der Waals surface area contributed by atoms with Crippen molar-refractivity contribution >= 4 is 39.9 Å². The van der Waals surface area contributed by atoms with Gasteiger partial charge < -0.3 is 9.80 Å². The first kappa shape index (κ1) is 35.5. The maximum atomic E-state index is 15.0. The molecule has 0 N–H and O–H groups in total. The third kappa shape index (κ3) is 5.02. The van der Waals surface area contributed by atoms with Crippen molar-refractivity contribution in [3.8, 4) is 39.4 Å². The van der Waals surface area contributed by atoms with Crippen LogP contribution in [-0.2, 0) is 10.8 Å². The lowest BCUT2D eigenvalue weighted by Gasteiger charge is -2.43. The molecule has 0 fully saturated rings. The van der Waals surface area contributed by atoms with E-state index in [-0.39, 0.29) is 16.6 Å². The second-order valence-corrected chi connectivity index (χ2v) is 17.0. The number of carbonyl (C=O) groups is 1. The number of ketones is 1. The Morgan fingerprint density at radius 1 is 0.450 bits per heavy atom. The Labute approximate surface area is 349 Å². The number of fused-ring (bicyclic) bond motifs is 7. The molecule has 3 aliphatic rings. The Kier molecular flexibility index (Phi) is 7.67. The first-order chi connectivity index (χ1) is 29.2. The van der Waals surface area contributed by atoms with Crippen LogP contribution < -0.4 is 9.80 Å². The molecular weight excluding hydrogens is 735 g/mol. The summed E-state index contributed by atoms with van der Waals surface area (Å²) in [5, 5.41) is 9.73. The van der Waals surface area contributed by atoms with Crippen LogP contribution in [0.5, 0.6) is 0 Å². The molecule has 60 heavy (non-hydrogen) atoms. The molecule has 0 amide bonds. The molecule has 0 saturated carbocycles. The number of anilines is 6. The minimum Gasteiger partial charge on any atom is -0.309 e. The molecule has 0 saturated heterocycles. The van der Waals surface area contributed by atoms with E-state index in [1.807, 2.05) is 42.7 Å². The van der Waals surface area contributed by atoms with Crippen molar-refractivity contribution in [1.29, 1.82) is 5.26 Å². The number of rotatable bonds is 4. The zero-order chi connectivity index (χ0) is 40.9. The smallest absolute Gasteiger partial charge is 0.194 e. The lowest BCUT2D eigenvalue weighted by atomic mass is 9.73. The van der Waals surface area contributed by atoms with Gasteiger partial charge in [0.2, 0.25) is 0 Å². The molecule has 0 bridgehead atoms. The van der Waals surface area contributed by atoms with Gasteiger partial charge in [0.05, 0.1) is 45.8 Å². The molecule has 3 heterocycles. The normalized spacial score (nSPS) is 14.9. The van der Waals surface area contributed by atoms with Crippen LogP contribution in [0, 0.1) is 11.3 Å². The number of aromatic nitrogens is 2. The summed E-state index contributed by atoms with van der Waals surface area (Å²) < 4.78 is 0. The molecule has 6 nitrogen and oxygen atoms in total. The molecule has 0 atom stereocenters. The SMILES string of the molecule is CC1(C)c2ccccc2N(c2cc3c(cc2-c2ccc(C#N)cc2)C(=O)c2cc(-c4cncnc4)c(N4c5ccccc5C(C)(C)c5ccccc54)cc2-3)c2ccccc21. The second-order valence-electron chi connectivity index (χ2n) is 17.0. The highest BCUT2D eigenvalue weighted by atomic mass is 16.1. The Morgan fingerprint density at radius 2 is 0.833 bits per heavy atom. The fraction of sp³-hybridized carbons (Fsp3) is 0.111. The van der Waals surface area contributed by atoms with Crippen molar-refractivity contribution in [2.24, 2.45) is 0 Å². The molecule has 6 heteroatoms. The van der Waals surface area contributed by atoms with Gasteiger partial charge in [0.15, 0.2) is 5.78 Å². The summed E-state index contributed by atoms with van der Waals surface area (Å²) in [6.07, 6.45) is 5.18. The molecule has 0 unspecified atom stereocenters. The Hall–Kier alpha value is -7.62. The van der Waals surface area contributed by atoms with E-state index in [1.54, 1.807) is 0 Å². The highest BCUT2D eigenvalue weighted by molar-refractivity contribution is 6.24. The van der Waals surface area contributed by atoms with Crippen molar-refractivity contribution in [3.63, 3.8) is 0 Å². The highest BCUT2D eigenvalue weighted by Gasteiger charge is 2.41. The van der Waals surface area contributed by atoms with Crippen LogP contribution in [0.3, 0.4) is 0 Å². The van der Waals surface area contributed by atoms with Gasteiger partial charge in [-0.3, -0.25) is 4.79 Å². The monoisotopic (exact) mass is 773 g/mol. The van der Waals surface area contributed by atoms with E-state index < -0.39 is 0 Å². The van der Waals surface area contributed by atoms with E-state index in [9.17, 15) is 10.1 Å². The number of para-hydroxylation sites is 4. The number of benzene rings is 7. The van der Waals surface area contributed by atoms with E-state index in [0.29, 0.717) is 16.7 Å². The average molecular weight is 774 g/mol. The minimum atomic E-state index is -0.250. The maximum Gasteiger partial charge on any atom is 0.194 e. The predicted molar refractivity (Wildman–Crippen MR) is 240 cm³/mol. The summed E-state index contributed by atoms with van der Waals surface area (Å²) in [6, 6.07) is 53.0. The number of carbonyl (C=O) groups excluding carboxylic acids is 1. The van der Waals surface area contributed by atoms with Gasteiger partial charge in [-0.1, -0.05) is 113 Å². The fourth-order valence-electron chi connectivity index (χ4n) is 10.00. The van der Waals surface area contributed by atoms with Crippen LogP contribution in [0.4, 0.5) is 34.1 Å². The lowest BCUT2D eigenvalue weighted by molar-refractivity contribution is 0.104. The number of hydrogen-bond donors (Lipinski definition) is 0. The summed E-state index contributed by atoms with van der Waals surface area (Å²) in [4.78, 5) is 28.6. The van der Waals surface area contributed by atoms with E-state index >= 15 is 0 Å². The number of nitrogens with zero attached hydrogens (tertiary/aromatic N) is 5. The van der Waals surface area contributed by atoms with Gasteiger partial charge in [0.25, 0.3) is 0 Å². The van der Waals surface area contributed by atoms with Crippen LogP contribution in [0.25, 0.3) is 33.4 Å². The molecule has 286 valence electrons. The first-order valence-electron chi connectivity index (χ1n) is 20.3. The van der Waals surface area contributed by atoms with Crippen molar-refractivity contribution < 1.29 is 4.79 Å². The Bertz CT molecular complexity index is 3040. The minimum absolute atomic E-state index is 0.0350. The zero-order valence-electron chi connectivity index (χ0n) is 33.7. The lowest BCUT2D eigenvalue weighted by Crippen LogP contribution is -2.30. The number of hydrogen-bond acceptors (Lipinski definition) is 6. The van der Waals surface area contributed by atoms with Crippen LogP contribution >= 0.6 is 0 Å². The molecule has 2 aliphatic heterocycles. The van der Waals surface area contributed by atoms with Crippen LogP contribution in [-0.4, -0.2) is 15.8 Å². The summed E-state index contributed by atoms with van der Waals surface area (Å²) in [7, 11) is 0. The molecular formula is C54H39N5O. The third-order valence-corrected chi connectivity index (χ3v) is 13.0. The van der Waals surface area contributed by atoms with Gasteiger partial charge in [0, 0.05) is 51.0 Å². The Morgan fingerprint density at radius 3 is 1.23 bits per heavy atom. The van der Waals surface area contributed by atoms with Crippen LogP contribution in [0.1, 0.15) is 71.4 Å². The standard InChI is InChI=1S/C54H39N5O/c1-53(2)42-13-5-9-17-46(42)58(47-18-10-6-14-43(47)53)50-27-38-39-28-51(59-48-19-11-7-15-44(48)54(3,4)45-16-8-12-20-49(45)59)37(35-30-56-32-57-31-35)26-41(39)52(60)40(38)25-36(50)34-23-21-33(29-55)22-24-34/h5-28,30-32H,1-4H3. The molecule has 0 radical (unpaired) electrons. The summed E-state index contributed by atoms with van der Waals surface area (Å²) in [5.74, 6) is -0.0350. The third-order valence-electron chi connectivity index (χ3n) is 13.0. The van der Waals surface area contributed by atoms with E-state index in [0.717, 1.165) is 67.5 Å². The summed E-state index contributed by atoms with van der Waals surface area (Å²) in [5.41, 5.74) is 17.7. The van der Waals surface area contributed by atoms with Gasteiger partial charge in [-0.25, -0.2) is 9.97 Å². The van der Waals surface area contributed by atoms with Gasteiger partial charge in [-0.15, -0.1) is 0 Å². The van der Waals surface area contributed by atoms with Crippen molar-refractivity contribution in [2.45, 2.75) is 38.5 Å². The average Bonchev–Trinajstić information content (AvgIpc) is 3.55. The molecule has 0 spiro atoms. The molecule has 8 aromatic rings. The van der Waals surface area contributed by atoms with Crippen LogP contribution in [0.2, 0.25) is 0 Å². The molecule has 1 aliphatic carbocycles. The molecule has 11 rings (SSSR count). The van der Waals surface area contributed by atoms with Gasteiger partial charge >= 0.3 is 0 Å². The van der Waals surface area contributed by atoms with Gasteiger partial charge in [-0.2, -0.15) is 5.26 Å². The summed E-state index contributed by atoms with van der Waals surface area (Å²) >= 11 is 0. The van der Waals surface area contributed by atoms with E-state index in [4.69, 9.17) is 0 Å². The van der Waals surface area contributed by atoms with Gasteiger partial charge in [0.1, 0.15) is 6.33 Å². The van der Waals surface area contributed by atoms with E-state index in [2.05, 4.69) is 169 Å². The van der Waals surface area contributed by atoms with E-state index in [1.165, 1.54) is 28.6 Å². The van der Waals surface area contributed by atoms with Crippen molar-refractivity contribution in [3.05, 3.63) is 203 Å². The van der Waals surface area contributed by atoms with Crippen molar-refractivity contribution in [1.82, 2.24) is 9.97 Å². The Balaban J connectivity index is 1.21. The predicted octanol–water partition coefficient (Wildman–Crippen LogP) is 13.1. The second kappa shape index (κ2) is 12.9. The fourth-order valence-corrected chi connectivity index (χ4v) is 10.00. The largest absolute Gasteiger partial charge is 0.309 e. The zero-order valence-corrected chi connectivity index (χ0v) is 33.7. The van der Waals surface area contributed by atoms with Crippen molar-refractivity contribution in [2.75, 3.05) is 9.80 Å². The molecule has 1 aromatic heterocycles. The topological polar surface area (TPSA) is 73.1 Å². The summed E-state index contributed by atoms with van der Waals surface area (Å²) in [6.45, 7) is 9.15. The van der Waals surface area contributed by atoms with Gasteiger partial charge in [-0.05, 0) is 99.6 Å². The quantitative estimate of drug-likeness (QED) is 0.177. The first-order valence-corrected chi connectivity index (χ1v) is 20.3.